The molecule has 1 aliphatic heterocycles. The number of amides is 1. The highest BCUT2D eigenvalue weighted by atomic mass is 32.1. The molecule has 2 aromatic heterocycles. The van der Waals surface area contributed by atoms with Crippen molar-refractivity contribution in [2.24, 2.45) is 5.92 Å². The van der Waals surface area contributed by atoms with Crippen molar-refractivity contribution in [3.8, 4) is 0 Å². The van der Waals surface area contributed by atoms with Gasteiger partial charge in [0.05, 0.1) is 16.2 Å². The molecule has 3 rings (SSSR count). The number of fused-ring (bicyclic) bond motifs is 1. The zero-order chi connectivity index (χ0) is 16.7. The van der Waals surface area contributed by atoms with Crippen molar-refractivity contribution < 1.29 is 14.7 Å². The number of aryl methyl sites for hydroxylation is 2. The Kier molecular flexibility index (Phi) is 3.93. The largest absolute Gasteiger partial charge is 0.481 e. The Bertz CT molecular complexity index is 854. The second-order valence-electron chi connectivity index (χ2n) is 5.82. The Balaban J connectivity index is 1.98. The summed E-state index contributed by atoms with van der Waals surface area (Å²) in [5.41, 5.74) is 0.364. The summed E-state index contributed by atoms with van der Waals surface area (Å²) in [7, 11) is 0. The number of piperidine rings is 1. The zero-order valence-electron chi connectivity index (χ0n) is 12.9. The van der Waals surface area contributed by atoms with Crippen LogP contribution in [0.2, 0.25) is 0 Å². The molecular weight excluding hydrogens is 318 g/mol. The number of aromatic nitrogens is 2. The van der Waals surface area contributed by atoms with Crippen molar-refractivity contribution in [1.82, 2.24) is 14.9 Å². The number of aliphatic carboxylic acids is 1. The van der Waals surface area contributed by atoms with E-state index >= 15 is 0 Å². The predicted molar refractivity (Wildman–Crippen MR) is 86.0 cm³/mol. The summed E-state index contributed by atoms with van der Waals surface area (Å²) in [5, 5.41) is 9.59. The van der Waals surface area contributed by atoms with Gasteiger partial charge in [0.2, 0.25) is 0 Å². The maximum atomic E-state index is 12.8. The van der Waals surface area contributed by atoms with Crippen molar-refractivity contribution >= 4 is 33.4 Å². The molecule has 0 aliphatic carbocycles. The highest BCUT2D eigenvalue weighted by molar-refractivity contribution is 7.20. The molecule has 1 atom stereocenters. The lowest BCUT2D eigenvalue weighted by Crippen LogP contribution is -2.42. The fourth-order valence-electron chi connectivity index (χ4n) is 2.96. The minimum atomic E-state index is -0.871. The number of carboxylic acid groups (broad SMARTS) is 1. The Hall–Kier alpha value is -2.22. The van der Waals surface area contributed by atoms with Gasteiger partial charge in [0.15, 0.2) is 0 Å². The molecule has 0 spiro atoms. The van der Waals surface area contributed by atoms with Crippen LogP contribution in [0, 0.1) is 19.8 Å². The molecule has 1 amide bonds. The molecule has 1 unspecified atom stereocenters. The first-order valence-corrected chi connectivity index (χ1v) is 8.22. The zero-order valence-corrected chi connectivity index (χ0v) is 13.7. The minimum Gasteiger partial charge on any atom is -0.481 e. The SMILES string of the molecule is Cc1nc2sc(C(=O)N3CCCC(C(=O)O)C3)c(C)c2c(=O)[nH]1. The lowest BCUT2D eigenvalue weighted by Gasteiger charge is -2.30. The van der Waals surface area contributed by atoms with Crippen molar-refractivity contribution in [3.05, 3.63) is 26.6 Å². The van der Waals surface area contributed by atoms with Gasteiger partial charge in [0.1, 0.15) is 10.7 Å². The van der Waals surface area contributed by atoms with Gasteiger partial charge in [0.25, 0.3) is 11.5 Å². The summed E-state index contributed by atoms with van der Waals surface area (Å²) in [5.74, 6) is -1.10. The normalized spacial score (nSPS) is 18.3. The monoisotopic (exact) mass is 335 g/mol. The van der Waals surface area contributed by atoms with Gasteiger partial charge in [-0.15, -0.1) is 11.3 Å². The van der Waals surface area contributed by atoms with Gasteiger partial charge in [0, 0.05) is 13.1 Å². The van der Waals surface area contributed by atoms with Gasteiger partial charge in [-0.2, -0.15) is 0 Å². The highest BCUT2D eigenvalue weighted by Crippen LogP contribution is 2.29. The van der Waals surface area contributed by atoms with Crippen LogP contribution in [-0.4, -0.2) is 44.9 Å². The number of carboxylic acids is 1. The molecular formula is C15H17N3O4S. The van der Waals surface area contributed by atoms with E-state index in [9.17, 15) is 14.4 Å². The quantitative estimate of drug-likeness (QED) is 0.866. The van der Waals surface area contributed by atoms with E-state index in [1.807, 2.05) is 0 Å². The first-order valence-electron chi connectivity index (χ1n) is 7.40. The molecule has 0 bridgehead atoms. The molecule has 0 radical (unpaired) electrons. The van der Waals surface area contributed by atoms with E-state index in [0.717, 1.165) is 0 Å². The predicted octanol–water partition coefficient (Wildman–Crippen LogP) is 1.54. The average molecular weight is 335 g/mol. The Morgan fingerprint density at radius 1 is 1.39 bits per heavy atom. The Morgan fingerprint density at radius 3 is 2.83 bits per heavy atom. The molecule has 23 heavy (non-hydrogen) atoms. The molecule has 0 aromatic carbocycles. The molecule has 0 saturated carbocycles. The molecule has 3 heterocycles. The molecule has 2 aromatic rings. The van der Waals surface area contributed by atoms with Gasteiger partial charge >= 0.3 is 5.97 Å². The Morgan fingerprint density at radius 2 is 2.13 bits per heavy atom. The molecule has 122 valence electrons. The number of likely N-dealkylation sites (tertiary alicyclic amines) is 1. The van der Waals surface area contributed by atoms with Crippen LogP contribution in [0.5, 0.6) is 0 Å². The average Bonchev–Trinajstić information content (AvgIpc) is 2.83. The number of aromatic amines is 1. The molecule has 1 aliphatic rings. The van der Waals surface area contributed by atoms with Gasteiger partial charge in [-0.1, -0.05) is 0 Å². The number of carbonyl (C=O) groups is 2. The van der Waals surface area contributed by atoms with E-state index < -0.39 is 11.9 Å². The van der Waals surface area contributed by atoms with Crippen LogP contribution in [-0.2, 0) is 4.79 Å². The lowest BCUT2D eigenvalue weighted by molar-refractivity contribution is -0.143. The number of nitrogens with one attached hydrogen (secondary N) is 1. The summed E-state index contributed by atoms with van der Waals surface area (Å²) in [6, 6.07) is 0. The van der Waals surface area contributed by atoms with Crippen molar-refractivity contribution in [3.63, 3.8) is 0 Å². The van der Waals surface area contributed by atoms with E-state index in [0.29, 0.717) is 45.9 Å². The van der Waals surface area contributed by atoms with Crippen LogP contribution in [0.4, 0.5) is 0 Å². The van der Waals surface area contributed by atoms with Crippen LogP contribution in [0.25, 0.3) is 10.2 Å². The number of thiophene rings is 1. The molecule has 8 heteroatoms. The van der Waals surface area contributed by atoms with E-state index in [1.165, 1.54) is 11.3 Å². The Labute approximate surface area is 136 Å². The first kappa shape index (κ1) is 15.7. The van der Waals surface area contributed by atoms with Gasteiger partial charge < -0.3 is 15.0 Å². The van der Waals surface area contributed by atoms with Crippen LogP contribution in [0.15, 0.2) is 4.79 Å². The third-order valence-corrected chi connectivity index (χ3v) is 5.34. The van der Waals surface area contributed by atoms with E-state index in [-0.39, 0.29) is 18.0 Å². The fraction of sp³-hybridized carbons (Fsp3) is 0.467. The van der Waals surface area contributed by atoms with E-state index in [2.05, 4.69) is 9.97 Å². The van der Waals surface area contributed by atoms with Crippen molar-refractivity contribution in [1.29, 1.82) is 0 Å². The summed E-state index contributed by atoms with van der Waals surface area (Å²) in [6.07, 6.45) is 1.26. The second kappa shape index (κ2) is 5.77. The van der Waals surface area contributed by atoms with E-state index in [4.69, 9.17) is 5.11 Å². The number of carbonyl (C=O) groups excluding carboxylic acids is 1. The number of H-pyrrole nitrogens is 1. The number of nitrogens with zero attached hydrogens (tertiary/aromatic N) is 2. The van der Waals surface area contributed by atoms with Crippen molar-refractivity contribution in [2.45, 2.75) is 26.7 Å². The van der Waals surface area contributed by atoms with E-state index in [1.54, 1.807) is 18.7 Å². The van der Waals surface area contributed by atoms with Crippen LogP contribution in [0.1, 0.15) is 33.9 Å². The van der Waals surface area contributed by atoms with Crippen LogP contribution in [0.3, 0.4) is 0 Å². The number of hydrogen-bond donors (Lipinski definition) is 2. The third kappa shape index (κ3) is 2.74. The smallest absolute Gasteiger partial charge is 0.308 e. The van der Waals surface area contributed by atoms with Crippen LogP contribution >= 0.6 is 11.3 Å². The number of hydrogen-bond acceptors (Lipinski definition) is 5. The topological polar surface area (TPSA) is 103 Å². The standard InChI is InChI=1S/C15H17N3O4S/c1-7-10-12(19)16-8(2)17-13(10)23-11(7)14(20)18-5-3-4-9(6-18)15(21)22/h9H,3-6H2,1-2H3,(H,21,22)(H,16,17,19). The molecule has 1 fully saturated rings. The molecule has 1 saturated heterocycles. The third-order valence-electron chi connectivity index (χ3n) is 4.17. The van der Waals surface area contributed by atoms with Gasteiger partial charge in [-0.25, -0.2) is 4.98 Å². The van der Waals surface area contributed by atoms with Gasteiger partial charge in [-0.3, -0.25) is 14.4 Å². The summed E-state index contributed by atoms with van der Waals surface area (Å²) in [6.45, 7) is 4.18. The number of rotatable bonds is 2. The summed E-state index contributed by atoms with van der Waals surface area (Å²) >= 11 is 1.19. The first-order chi connectivity index (χ1) is 10.9. The molecule has 7 nitrogen and oxygen atoms in total. The molecule has 2 N–H and O–H groups in total. The summed E-state index contributed by atoms with van der Waals surface area (Å²) in [4.78, 5) is 45.5. The lowest BCUT2D eigenvalue weighted by atomic mass is 9.98. The second-order valence-corrected chi connectivity index (χ2v) is 6.82. The maximum Gasteiger partial charge on any atom is 0.308 e. The van der Waals surface area contributed by atoms with Crippen LogP contribution < -0.4 is 5.56 Å². The van der Waals surface area contributed by atoms with Gasteiger partial charge in [-0.05, 0) is 32.3 Å². The fourth-order valence-corrected chi connectivity index (χ4v) is 4.16. The van der Waals surface area contributed by atoms with Crippen molar-refractivity contribution in [2.75, 3.05) is 13.1 Å². The highest BCUT2D eigenvalue weighted by Gasteiger charge is 2.30. The maximum absolute atomic E-state index is 12.8. The minimum absolute atomic E-state index is 0.213. The summed E-state index contributed by atoms with van der Waals surface area (Å²) < 4.78 is 0.